The van der Waals surface area contributed by atoms with Crippen molar-refractivity contribution >= 4 is 28.9 Å². The van der Waals surface area contributed by atoms with Gasteiger partial charge in [-0.2, -0.15) is 0 Å². The number of carbonyl (C=O) groups excluding carboxylic acids is 2. The summed E-state index contributed by atoms with van der Waals surface area (Å²) in [6.07, 6.45) is -1.23. The number of para-hydroxylation sites is 1. The highest BCUT2D eigenvalue weighted by Gasteiger charge is 2.23. The molecule has 27 heavy (non-hydrogen) atoms. The van der Waals surface area contributed by atoms with E-state index in [-0.39, 0.29) is 16.9 Å². The molecule has 0 saturated carbocycles. The number of nitro benzene ring substituents is 1. The number of nitrogens with zero attached hydrogens (tertiary/aromatic N) is 2. The minimum Gasteiger partial charge on any atom is -0.449 e. The van der Waals surface area contributed by atoms with Crippen molar-refractivity contribution in [2.75, 3.05) is 24.3 Å². The lowest BCUT2D eigenvalue weighted by molar-refractivity contribution is -0.384. The zero-order chi connectivity index (χ0) is 20.1. The van der Waals surface area contributed by atoms with Crippen molar-refractivity contribution < 1.29 is 23.6 Å². The smallest absolute Gasteiger partial charge is 0.339 e. The van der Waals surface area contributed by atoms with Crippen molar-refractivity contribution in [2.24, 2.45) is 0 Å². The number of halogens is 1. The van der Waals surface area contributed by atoms with Crippen molar-refractivity contribution in [2.45, 2.75) is 13.0 Å². The monoisotopic (exact) mass is 375 g/mol. The van der Waals surface area contributed by atoms with Crippen molar-refractivity contribution in [1.29, 1.82) is 0 Å². The molecule has 1 N–H and O–H groups in total. The molecular weight excluding hydrogens is 357 g/mol. The summed E-state index contributed by atoms with van der Waals surface area (Å²) in [5.41, 5.74) is -0.0611. The third kappa shape index (κ3) is 4.78. The number of esters is 1. The number of nitro groups is 1. The van der Waals surface area contributed by atoms with E-state index in [2.05, 4.69) is 5.32 Å². The first-order chi connectivity index (χ1) is 12.7. The van der Waals surface area contributed by atoms with Crippen LogP contribution in [0.15, 0.2) is 42.5 Å². The quantitative estimate of drug-likeness (QED) is 0.473. The molecule has 2 aromatic rings. The van der Waals surface area contributed by atoms with Gasteiger partial charge < -0.3 is 15.0 Å². The van der Waals surface area contributed by atoms with Gasteiger partial charge in [0.25, 0.3) is 11.6 Å². The number of nitrogens with one attached hydrogen (secondary N) is 1. The van der Waals surface area contributed by atoms with E-state index in [0.29, 0.717) is 5.69 Å². The minimum absolute atomic E-state index is 0.0450. The van der Waals surface area contributed by atoms with Crippen LogP contribution in [0.2, 0.25) is 0 Å². The minimum atomic E-state index is -1.23. The Balaban J connectivity index is 2.12. The van der Waals surface area contributed by atoms with E-state index < -0.39 is 28.7 Å². The van der Waals surface area contributed by atoms with Gasteiger partial charge in [-0.05, 0) is 31.2 Å². The second-order valence-electron chi connectivity index (χ2n) is 5.87. The number of amides is 1. The highest BCUT2D eigenvalue weighted by atomic mass is 19.1. The van der Waals surface area contributed by atoms with Gasteiger partial charge in [0.2, 0.25) is 0 Å². The number of carbonyl (C=O) groups is 2. The van der Waals surface area contributed by atoms with Crippen LogP contribution in [-0.2, 0) is 9.53 Å². The Labute approximate surface area is 154 Å². The van der Waals surface area contributed by atoms with Crippen molar-refractivity contribution in [3.05, 3.63) is 64.0 Å². The number of anilines is 2. The van der Waals surface area contributed by atoms with E-state index >= 15 is 0 Å². The molecule has 0 spiro atoms. The van der Waals surface area contributed by atoms with Crippen molar-refractivity contribution in [3.8, 4) is 0 Å². The normalized spacial score (nSPS) is 11.4. The Morgan fingerprint density at radius 1 is 1.22 bits per heavy atom. The summed E-state index contributed by atoms with van der Waals surface area (Å²) in [4.78, 5) is 36.4. The van der Waals surface area contributed by atoms with Crippen LogP contribution in [0.4, 0.5) is 21.5 Å². The number of benzene rings is 2. The van der Waals surface area contributed by atoms with Gasteiger partial charge in [-0.15, -0.1) is 0 Å². The summed E-state index contributed by atoms with van der Waals surface area (Å²) in [6, 6.07) is 9.42. The molecule has 142 valence electrons. The SMILES string of the molecule is C[C@@H](OC(=O)c1ccc(N(C)C)c([N+](=O)[O-])c1)C(=O)Nc1ccccc1F. The summed E-state index contributed by atoms with van der Waals surface area (Å²) in [7, 11) is 3.27. The Hall–Kier alpha value is -3.49. The molecule has 1 amide bonds. The molecule has 1 atom stereocenters. The Morgan fingerprint density at radius 3 is 2.48 bits per heavy atom. The van der Waals surface area contributed by atoms with Crippen LogP contribution in [0.25, 0.3) is 0 Å². The van der Waals surface area contributed by atoms with Gasteiger partial charge in [-0.1, -0.05) is 12.1 Å². The molecule has 0 unspecified atom stereocenters. The van der Waals surface area contributed by atoms with Gasteiger partial charge in [0.1, 0.15) is 11.5 Å². The zero-order valence-electron chi connectivity index (χ0n) is 14.9. The fourth-order valence-electron chi connectivity index (χ4n) is 2.25. The molecule has 0 radical (unpaired) electrons. The molecule has 0 heterocycles. The van der Waals surface area contributed by atoms with E-state index in [9.17, 15) is 24.1 Å². The first-order valence-electron chi connectivity index (χ1n) is 7.93. The third-order valence-electron chi connectivity index (χ3n) is 3.67. The van der Waals surface area contributed by atoms with E-state index in [4.69, 9.17) is 4.74 Å². The molecule has 0 fully saturated rings. The number of hydrogen-bond donors (Lipinski definition) is 1. The molecule has 0 aromatic heterocycles. The van der Waals surface area contributed by atoms with Crippen LogP contribution in [0, 0.1) is 15.9 Å². The van der Waals surface area contributed by atoms with Crippen LogP contribution >= 0.6 is 0 Å². The van der Waals surface area contributed by atoms with E-state index in [1.807, 2.05) is 0 Å². The maximum atomic E-state index is 13.6. The Bertz CT molecular complexity index is 885. The van der Waals surface area contributed by atoms with E-state index in [1.54, 1.807) is 20.2 Å². The Morgan fingerprint density at radius 2 is 1.89 bits per heavy atom. The molecular formula is C18H18FN3O5. The molecule has 0 aliphatic carbocycles. The van der Waals surface area contributed by atoms with E-state index in [0.717, 1.165) is 6.07 Å². The summed E-state index contributed by atoms with van der Waals surface area (Å²) in [6.45, 7) is 1.32. The molecule has 2 aromatic carbocycles. The number of hydrogen-bond acceptors (Lipinski definition) is 6. The van der Waals surface area contributed by atoms with Gasteiger partial charge in [-0.3, -0.25) is 14.9 Å². The first kappa shape index (κ1) is 19.8. The maximum absolute atomic E-state index is 13.6. The lowest BCUT2D eigenvalue weighted by Gasteiger charge is -2.15. The van der Waals surface area contributed by atoms with Crippen LogP contribution in [0.3, 0.4) is 0 Å². The summed E-state index contributed by atoms with van der Waals surface area (Å²) < 4.78 is 18.6. The van der Waals surface area contributed by atoms with Crippen LogP contribution < -0.4 is 10.2 Å². The van der Waals surface area contributed by atoms with Gasteiger partial charge in [0.15, 0.2) is 6.10 Å². The predicted octanol–water partition coefficient (Wildman–Crippen LogP) is 2.98. The topological polar surface area (TPSA) is 102 Å². The Kier molecular flexibility index (Phi) is 6.07. The summed E-state index contributed by atoms with van der Waals surface area (Å²) >= 11 is 0. The van der Waals surface area contributed by atoms with Gasteiger partial charge in [0, 0.05) is 20.2 Å². The first-order valence-corrected chi connectivity index (χ1v) is 7.93. The fourth-order valence-corrected chi connectivity index (χ4v) is 2.25. The molecule has 2 rings (SSSR count). The van der Waals surface area contributed by atoms with E-state index in [1.165, 1.54) is 42.2 Å². The highest BCUT2D eigenvalue weighted by Crippen LogP contribution is 2.28. The standard InChI is InChI=1S/C18H18FN3O5/c1-11(17(23)20-14-7-5-4-6-13(14)19)27-18(24)12-8-9-15(21(2)3)16(10-12)22(25)26/h4-11H,1-3H3,(H,20,23)/t11-/m1/s1. The van der Waals surface area contributed by atoms with Crippen LogP contribution in [0.5, 0.6) is 0 Å². The molecule has 9 heteroatoms. The molecule has 0 aliphatic heterocycles. The second-order valence-corrected chi connectivity index (χ2v) is 5.87. The zero-order valence-corrected chi connectivity index (χ0v) is 14.9. The predicted molar refractivity (Wildman–Crippen MR) is 97.3 cm³/mol. The molecule has 0 aliphatic rings. The summed E-state index contributed by atoms with van der Waals surface area (Å²) in [5.74, 6) is -2.26. The van der Waals surface area contributed by atoms with Crippen molar-refractivity contribution in [3.63, 3.8) is 0 Å². The van der Waals surface area contributed by atoms with Crippen LogP contribution in [0.1, 0.15) is 17.3 Å². The third-order valence-corrected chi connectivity index (χ3v) is 3.67. The lowest BCUT2D eigenvalue weighted by atomic mass is 10.1. The maximum Gasteiger partial charge on any atom is 0.339 e. The van der Waals surface area contributed by atoms with Gasteiger partial charge in [0.05, 0.1) is 16.2 Å². The molecule has 0 saturated heterocycles. The molecule has 8 nitrogen and oxygen atoms in total. The van der Waals surface area contributed by atoms with Gasteiger partial charge >= 0.3 is 5.97 Å². The van der Waals surface area contributed by atoms with Crippen LogP contribution in [-0.4, -0.2) is 37.0 Å². The summed E-state index contributed by atoms with van der Waals surface area (Å²) in [5, 5.41) is 13.5. The van der Waals surface area contributed by atoms with Crippen molar-refractivity contribution in [1.82, 2.24) is 0 Å². The lowest BCUT2D eigenvalue weighted by Crippen LogP contribution is -2.30. The molecule has 0 bridgehead atoms. The largest absolute Gasteiger partial charge is 0.449 e. The fraction of sp³-hybridized carbons (Fsp3) is 0.222. The van der Waals surface area contributed by atoms with Gasteiger partial charge in [-0.25, -0.2) is 9.18 Å². The number of rotatable bonds is 6. The average molecular weight is 375 g/mol. The number of ether oxygens (including phenoxy) is 1. The second kappa shape index (κ2) is 8.26. The highest BCUT2D eigenvalue weighted by molar-refractivity contribution is 5.97. The average Bonchev–Trinajstić information content (AvgIpc) is 2.62.